The summed E-state index contributed by atoms with van der Waals surface area (Å²) in [7, 11) is 1.33. The van der Waals surface area contributed by atoms with Crippen LogP contribution >= 0.6 is 0 Å². The number of anilines is 2. The molecule has 2 aromatic heterocycles. The number of nitrogens with zero attached hydrogens (tertiary/aromatic N) is 2. The van der Waals surface area contributed by atoms with Crippen LogP contribution < -0.4 is 10.6 Å². The maximum Gasteiger partial charge on any atom is 0.339 e. The predicted octanol–water partition coefficient (Wildman–Crippen LogP) is 2.94. The SMILES string of the molecule is COC(=O)c1ccccc1Nc1ccnc(C(=O)NCc2ccccn2)c1. The Bertz CT molecular complexity index is 945. The molecule has 27 heavy (non-hydrogen) atoms. The molecule has 7 nitrogen and oxygen atoms in total. The van der Waals surface area contributed by atoms with Crippen LogP contribution in [-0.4, -0.2) is 29.0 Å². The van der Waals surface area contributed by atoms with Gasteiger partial charge in [-0.3, -0.25) is 14.8 Å². The van der Waals surface area contributed by atoms with Gasteiger partial charge in [0, 0.05) is 18.1 Å². The highest BCUT2D eigenvalue weighted by Gasteiger charge is 2.12. The molecule has 3 rings (SSSR count). The molecule has 1 aromatic carbocycles. The summed E-state index contributed by atoms with van der Waals surface area (Å²) in [5, 5.41) is 5.90. The van der Waals surface area contributed by atoms with E-state index < -0.39 is 5.97 Å². The molecular weight excluding hydrogens is 344 g/mol. The van der Waals surface area contributed by atoms with Crippen molar-refractivity contribution < 1.29 is 14.3 Å². The smallest absolute Gasteiger partial charge is 0.339 e. The molecule has 0 aliphatic carbocycles. The lowest BCUT2D eigenvalue weighted by Gasteiger charge is -2.11. The van der Waals surface area contributed by atoms with E-state index in [0.29, 0.717) is 23.5 Å². The van der Waals surface area contributed by atoms with E-state index in [1.54, 1.807) is 42.6 Å². The van der Waals surface area contributed by atoms with E-state index in [2.05, 4.69) is 20.6 Å². The van der Waals surface area contributed by atoms with Crippen molar-refractivity contribution in [3.63, 3.8) is 0 Å². The van der Waals surface area contributed by atoms with Gasteiger partial charge in [0.25, 0.3) is 5.91 Å². The molecule has 0 aliphatic rings. The van der Waals surface area contributed by atoms with Crippen molar-refractivity contribution in [2.24, 2.45) is 0 Å². The molecule has 2 heterocycles. The van der Waals surface area contributed by atoms with Crippen LogP contribution in [0, 0.1) is 0 Å². The van der Waals surface area contributed by atoms with Crippen LogP contribution in [0.15, 0.2) is 67.0 Å². The largest absolute Gasteiger partial charge is 0.465 e. The minimum atomic E-state index is -0.444. The minimum Gasteiger partial charge on any atom is -0.465 e. The zero-order chi connectivity index (χ0) is 19.1. The summed E-state index contributed by atoms with van der Waals surface area (Å²) in [4.78, 5) is 32.5. The molecule has 7 heteroatoms. The molecule has 0 spiro atoms. The first kappa shape index (κ1) is 18.1. The molecule has 0 unspecified atom stereocenters. The van der Waals surface area contributed by atoms with Crippen molar-refractivity contribution in [2.45, 2.75) is 6.54 Å². The van der Waals surface area contributed by atoms with Gasteiger partial charge in [0.05, 0.1) is 30.6 Å². The van der Waals surface area contributed by atoms with Gasteiger partial charge in [-0.2, -0.15) is 0 Å². The van der Waals surface area contributed by atoms with Crippen molar-refractivity contribution >= 4 is 23.3 Å². The fraction of sp³-hybridized carbons (Fsp3) is 0.100. The molecule has 0 fully saturated rings. The maximum absolute atomic E-state index is 12.3. The highest BCUT2D eigenvalue weighted by molar-refractivity contribution is 5.97. The van der Waals surface area contributed by atoms with E-state index in [1.807, 2.05) is 18.2 Å². The number of carbonyl (C=O) groups excluding carboxylic acids is 2. The summed E-state index contributed by atoms with van der Waals surface area (Å²) in [6, 6.07) is 15.8. The Morgan fingerprint density at radius 2 is 1.81 bits per heavy atom. The lowest BCUT2D eigenvalue weighted by molar-refractivity contribution is 0.0601. The molecule has 0 aliphatic heterocycles. The number of carbonyl (C=O) groups is 2. The predicted molar refractivity (Wildman–Crippen MR) is 101 cm³/mol. The summed E-state index contributed by atoms with van der Waals surface area (Å²) in [6.45, 7) is 0.310. The van der Waals surface area contributed by atoms with Crippen LogP contribution in [0.1, 0.15) is 26.5 Å². The number of para-hydroxylation sites is 1. The zero-order valence-corrected chi connectivity index (χ0v) is 14.7. The third-order valence-electron chi connectivity index (χ3n) is 3.76. The molecule has 136 valence electrons. The van der Waals surface area contributed by atoms with Crippen molar-refractivity contribution in [1.82, 2.24) is 15.3 Å². The van der Waals surface area contributed by atoms with Crippen molar-refractivity contribution in [3.8, 4) is 0 Å². The summed E-state index contributed by atoms with van der Waals surface area (Å²) < 4.78 is 4.79. The van der Waals surface area contributed by atoms with Gasteiger partial charge in [0.1, 0.15) is 5.69 Å². The zero-order valence-electron chi connectivity index (χ0n) is 14.7. The maximum atomic E-state index is 12.3. The molecule has 2 N–H and O–H groups in total. The summed E-state index contributed by atoms with van der Waals surface area (Å²) >= 11 is 0. The van der Waals surface area contributed by atoms with Gasteiger partial charge in [-0.15, -0.1) is 0 Å². The third-order valence-corrected chi connectivity index (χ3v) is 3.76. The van der Waals surface area contributed by atoms with E-state index in [9.17, 15) is 9.59 Å². The number of pyridine rings is 2. The highest BCUT2D eigenvalue weighted by atomic mass is 16.5. The molecule has 0 bridgehead atoms. The molecule has 0 atom stereocenters. The Balaban J connectivity index is 1.72. The highest BCUT2D eigenvalue weighted by Crippen LogP contribution is 2.21. The first-order valence-corrected chi connectivity index (χ1v) is 8.26. The van der Waals surface area contributed by atoms with Gasteiger partial charge >= 0.3 is 5.97 Å². The average molecular weight is 362 g/mol. The summed E-state index contributed by atoms with van der Waals surface area (Å²) in [6.07, 6.45) is 3.20. The second-order valence-corrected chi connectivity index (χ2v) is 5.60. The number of benzene rings is 1. The first-order valence-electron chi connectivity index (χ1n) is 8.26. The third kappa shape index (κ3) is 4.66. The van der Waals surface area contributed by atoms with Gasteiger partial charge in [-0.1, -0.05) is 18.2 Å². The van der Waals surface area contributed by atoms with Crippen LogP contribution in [-0.2, 0) is 11.3 Å². The monoisotopic (exact) mass is 362 g/mol. The Hall–Kier alpha value is -3.74. The fourth-order valence-corrected chi connectivity index (χ4v) is 2.43. The Morgan fingerprint density at radius 1 is 1.00 bits per heavy atom. The fourth-order valence-electron chi connectivity index (χ4n) is 2.43. The van der Waals surface area contributed by atoms with Gasteiger partial charge < -0.3 is 15.4 Å². The first-order chi connectivity index (χ1) is 13.2. The molecule has 3 aromatic rings. The second-order valence-electron chi connectivity index (χ2n) is 5.60. The van der Waals surface area contributed by atoms with Crippen LogP contribution in [0.3, 0.4) is 0 Å². The number of rotatable bonds is 6. The number of esters is 1. The van der Waals surface area contributed by atoms with E-state index in [-0.39, 0.29) is 11.6 Å². The van der Waals surface area contributed by atoms with Crippen molar-refractivity contribution in [2.75, 3.05) is 12.4 Å². The Labute approximate surface area is 156 Å². The van der Waals surface area contributed by atoms with Gasteiger partial charge in [0.2, 0.25) is 0 Å². The molecule has 0 radical (unpaired) electrons. The minimum absolute atomic E-state index is 0.256. The van der Waals surface area contributed by atoms with Gasteiger partial charge in [-0.25, -0.2) is 4.79 Å². The quantitative estimate of drug-likeness (QED) is 0.655. The molecule has 0 saturated heterocycles. The summed E-state index contributed by atoms with van der Waals surface area (Å²) in [5.41, 5.74) is 2.62. The number of hydrogen-bond donors (Lipinski definition) is 2. The van der Waals surface area contributed by atoms with Crippen LogP contribution in [0.25, 0.3) is 0 Å². The van der Waals surface area contributed by atoms with Crippen molar-refractivity contribution in [1.29, 1.82) is 0 Å². The lowest BCUT2D eigenvalue weighted by atomic mass is 10.1. The number of aromatic nitrogens is 2. The van der Waals surface area contributed by atoms with E-state index >= 15 is 0 Å². The standard InChI is InChI=1S/C20H18N4O3/c1-27-20(26)16-7-2-3-8-17(16)24-14-9-11-22-18(12-14)19(25)23-13-15-6-4-5-10-21-15/h2-12H,13H2,1H3,(H,22,24)(H,23,25). The van der Waals surface area contributed by atoms with Crippen LogP contribution in [0.5, 0.6) is 0 Å². The summed E-state index contributed by atoms with van der Waals surface area (Å²) in [5.74, 6) is -0.758. The topological polar surface area (TPSA) is 93.2 Å². The molecular formula is C20H18N4O3. The molecule has 0 saturated carbocycles. The van der Waals surface area contributed by atoms with Crippen LogP contribution in [0.4, 0.5) is 11.4 Å². The van der Waals surface area contributed by atoms with Gasteiger partial charge in [0.15, 0.2) is 0 Å². The Morgan fingerprint density at radius 3 is 2.59 bits per heavy atom. The van der Waals surface area contributed by atoms with Crippen molar-refractivity contribution in [3.05, 3.63) is 83.9 Å². The average Bonchev–Trinajstić information content (AvgIpc) is 2.73. The van der Waals surface area contributed by atoms with E-state index in [0.717, 1.165) is 5.69 Å². The number of ether oxygens (including phenoxy) is 1. The number of amides is 1. The normalized spacial score (nSPS) is 10.1. The van der Waals surface area contributed by atoms with E-state index in [1.165, 1.54) is 13.3 Å². The molecule has 1 amide bonds. The van der Waals surface area contributed by atoms with E-state index in [4.69, 9.17) is 4.74 Å². The Kier molecular flexibility index (Phi) is 5.73. The van der Waals surface area contributed by atoms with Crippen LogP contribution in [0.2, 0.25) is 0 Å². The number of methoxy groups -OCH3 is 1. The lowest BCUT2D eigenvalue weighted by Crippen LogP contribution is -2.24. The number of hydrogen-bond acceptors (Lipinski definition) is 6. The second kappa shape index (κ2) is 8.57. The number of nitrogens with one attached hydrogen (secondary N) is 2. The van der Waals surface area contributed by atoms with Gasteiger partial charge in [-0.05, 0) is 36.4 Å².